The smallest absolute Gasteiger partial charge is 0.0000124 e. The molecule has 0 aromatic heterocycles. The van der Waals surface area contributed by atoms with Crippen molar-refractivity contribution in [1.29, 1.82) is 0 Å². The first-order chi connectivity index (χ1) is 7.04. The molecule has 0 heterocycles. The van der Waals surface area contributed by atoms with Gasteiger partial charge in [-0.1, -0.05) is 27.2 Å². The molecule has 0 aliphatic heterocycles. The molecule has 3 unspecified atom stereocenters. The van der Waals surface area contributed by atoms with Gasteiger partial charge in [-0.3, -0.25) is 0 Å². The third kappa shape index (κ3) is 3.21. The molecule has 3 atom stereocenters. The summed E-state index contributed by atoms with van der Waals surface area (Å²) in [5, 5.41) is 3.61. The molecule has 1 nitrogen and oxygen atoms in total. The maximum Gasteiger partial charge on any atom is -0.0000124 e. The highest BCUT2D eigenvalue weighted by atomic mass is 14.9. The van der Waals surface area contributed by atoms with Crippen LogP contribution in [0.15, 0.2) is 0 Å². The van der Waals surface area contributed by atoms with E-state index in [-0.39, 0.29) is 0 Å². The van der Waals surface area contributed by atoms with Crippen molar-refractivity contribution in [3.8, 4) is 0 Å². The molecule has 0 aromatic carbocycles. The van der Waals surface area contributed by atoms with Crippen LogP contribution in [0, 0.1) is 23.2 Å². The molecule has 0 radical (unpaired) electrons. The van der Waals surface area contributed by atoms with Gasteiger partial charge in [-0.15, -0.1) is 0 Å². The Labute approximate surface area is 95.0 Å². The molecule has 0 amide bonds. The lowest BCUT2D eigenvalue weighted by Gasteiger charge is -2.23. The van der Waals surface area contributed by atoms with Gasteiger partial charge in [0.25, 0.3) is 0 Å². The van der Waals surface area contributed by atoms with Crippen molar-refractivity contribution in [3.05, 3.63) is 0 Å². The summed E-state index contributed by atoms with van der Waals surface area (Å²) < 4.78 is 0. The molecule has 1 N–H and O–H groups in total. The molecule has 2 bridgehead atoms. The Hall–Kier alpha value is -0.0400. The molecule has 2 fully saturated rings. The third-order valence-electron chi connectivity index (χ3n) is 4.23. The van der Waals surface area contributed by atoms with Crippen LogP contribution in [-0.2, 0) is 0 Å². The van der Waals surface area contributed by atoms with Crippen LogP contribution in [0.25, 0.3) is 0 Å². The number of rotatable bonds is 4. The van der Waals surface area contributed by atoms with E-state index in [0.29, 0.717) is 5.41 Å². The number of fused-ring (bicyclic) bond motifs is 2. The van der Waals surface area contributed by atoms with Gasteiger partial charge in [0.15, 0.2) is 0 Å². The van der Waals surface area contributed by atoms with Crippen LogP contribution in [0.5, 0.6) is 0 Å². The van der Waals surface area contributed by atoms with Crippen LogP contribution < -0.4 is 5.32 Å². The van der Waals surface area contributed by atoms with Crippen LogP contribution >= 0.6 is 0 Å². The van der Waals surface area contributed by atoms with Gasteiger partial charge in [-0.05, 0) is 61.9 Å². The summed E-state index contributed by atoms with van der Waals surface area (Å²) in [5.74, 6) is 3.28. The SMILES string of the molecule is CC(C)(C)CNCCC1CC2CCC1C2. The zero-order valence-electron chi connectivity index (χ0n) is 10.7. The Balaban J connectivity index is 1.59. The molecule has 2 aliphatic carbocycles. The Morgan fingerprint density at radius 3 is 2.47 bits per heavy atom. The molecule has 0 saturated heterocycles. The lowest BCUT2D eigenvalue weighted by Crippen LogP contribution is -2.29. The minimum Gasteiger partial charge on any atom is -0.316 e. The van der Waals surface area contributed by atoms with Crippen molar-refractivity contribution in [2.75, 3.05) is 13.1 Å². The quantitative estimate of drug-likeness (QED) is 0.699. The normalized spacial score (nSPS) is 35.0. The van der Waals surface area contributed by atoms with Crippen molar-refractivity contribution < 1.29 is 0 Å². The zero-order valence-corrected chi connectivity index (χ0v) is 10.7. The highest BCUT2D eigenvalue weighted by Crippen LogP contribution is 2.49. The summed E-state index contributed by atoms with van der Waals surface area (Å²) in [6.07, 6.45) is 7.61. The zero-order chi connectivity index (χ0) is 10.9. The second-order valence-corrected chi connectivity index (χ2v) is 6.96. The largest absolute Gasteiger partial charge is 0.316 e. The van der Waals surface area contributed by atoms with Gasteiger partial charge in [0.05, 0.1) is 0 Å². The van der Waals surface area contributed by atoms with Gasteiger partial charge in [0.2, 0.25) is 0 Å². The maximum atomic E-state index is 3.61. The second kappa shape index (κ2) is 4.45. The molecular formula is C14H27N. The van der Waals surface area contributed by atoms with E-state index in [4.69, 9.17) is 0 Å². The monoisotopic (exact) mass is 209 g/mol. The van der Waals surface area contributed by atoms with Crippen molar-refractivity contribution in [3.63, 3.8) is 0 Å². The summed E-state index contributed by atoms with van der Waals surface area (Å²) in [7, 11) is 0. The van der Waals surface area contributed by atoms with E-state index in [1.165, 1.54) is 25.8 Å². The average Bonchev–Trinajstić information content (AvgIpc) is 2.71. The number of hydrogen-bond acceptors (Lipinski definition) is 1. The fourth-order valence-electron chi connectivity index (χ4n) is 3.48. The standard InChI is InChI=1S/C14H27N/c1-14(2,3)10-15-7-6-13-9-11-4-5-12(13)8-11/h11-13,15H,4-10H2,1-3H3. The highest BCUT2D eigenvalue weighted by molar-refractivity contribution is 4.90. The van der Waals surface area contributed by atoms with Gasteiger partial charge in [0.1, 0.15) is 0 Å². The van der Waals surface area contributed by atoms with E-state index in [0.717, 1.165) is 24.3 Å². The molecule has 2 saturated carbocycles. The topological polar surface area (TPSA) is 12.0 Å². The van der Waals surface area contributed by atoms with Crippen molar-refractivity contribution in [2.45, 2.75) is 52.9 Å². The molecule has 0 spiro atoms. The first kappa shape index (κ1) is 11.4. The average molecular weight is 209 g/mol. The summed E-state index contributed by atoms with van der Waals surface area (Å²) in [6, 6.07) is 0. The Kier molecular flexibility index (Phi) is 3.39. The van der Waals surface area contributed by atoms with E-state index in [9.17, 15) is 0 Å². The van der Waals surface area contributed by atoms with Crippen molar-refractivity contribution >= 4 is 0 Å². The molecule has 0 aromatic rings. The van der Waals surface area contributed by atoms with Gasteiger partial charge in [-0.25, -0.2) is 0 Å². The summed E-state index contributed by atoms with van der Waals surface area (Å²) in [4.78, 5) is 0. The summed E-state index contributed by atoms with van der Waals surface area (Å²) in [6.45, 7) is 9.31. The van der Waals surface area contributed by atoms with Gasteiger partial charge >= 0.3 is 0 Å². The molecule has 15 heavy (non-hydrogen) atoms. The van der Waals surface area contributed by atoms with E-state index < -0.39 is 0 Å². The minimum absolute atomic E-state index is 0.439. The first-order valence-electron chi connectivity index (χ1n) is 6.75. The Morgan fingerprint density at radius 1 is 1.13 bits per heavy atom. The van der Waals surface area contributed by atoms with E-state index in [2.05, 4.69) is 26.1 Å². The molecule has 2 rings (SSSR count). The van der Waals surface area contributed by atoms with Gasteiger partial charge in [-0.2, -0.15) is 0 Å². The lowest BCUT2D eigenvalue weighted by molar-refractivity contribution is 0.299. The van der Waals surface area contributed by atoms with Crippen molar-refractivity contribution in [2.24, 2.45) is 23.2 Å². The van der Waals surface area contributed by atoms with E-state index in [1.54, 1.807) is 12.8 Å². The molecular weight excluding hydrogens is 182 g/mol. The summed E-state index contributed by atoms with van der Waals surface area (Å²) >= 11 is 0. The highest BCUT2D eigenvalue weighted by Gasteiger charge is 2.38. The van der Waals surface area contributed by atoms with Gasteiger partial charge < -0.3 is 5.32 Å². The van der Waals surface area contributed by atoms with Crippen LogP contribution in [0.2, 0.25) is 0 Å². The third-order valence-corrected chi connectivity index (χ3v) is 4.23. The minimum atomic E-state index is 0.439. The second-order valence-electron chi connectivity index (χ2n) is 6.96. The van der Waals surface area contributed by atoms with E-state index in [1.807, 2.05) is 0 Å². The Morgan fingerprint density at radius 2 is 1.93 bits per heavy atom. The van der Waals surface area contributed by atoms with Gasteiger partial charge in [0, 0.05) is 0 Å². The predicted octanol–water partition coefficient (Wildman–Crippen LogP) is 3.45. The first-order valence-corrected chi connectivity index (χ1v) is 6.75. The fourth-order valence-corrected chi connectivity index (χ4v) is 3.48. The van der Waals surface area contributed by atoms with Crippen LogP contribution in [0.4, 0.5) is 0 Å². The molecule has 88 valence electrons. The predicted molar refractivity (Wildman–Crippen MR) is 65.9 cm³/mol. The molecule has 2 aliphatic rings. The number of hydrogen-bond donors (Lipinski definition) is 1. The van der Waals surface area contributed by atoms with Crippen LogP contribution in [0.3, 0.4) is 0 Å². The maximum absolute atomic E-state index is 3.61. The summed E-state index contributed by atoms with van der Waals surface area (Å²) in [5.41, 5.74) is 0.439. The Bertz CT molecular complexity index is 204. The van der Waals surface area contributed by atoms with Crippen LogP contribution in [-0.4, -0.2) is 13.1 Å². The van der Waals surface area contributed by atoms with Crippen molar-refractivity contribution in [1.82, 2.24) is 5.32 Å². The lowest BCUT2D eigenvalue weighted by atomic mass is 9.86. The fraction of sp³-hybridized carbons (Fsp3) is 1.00. The van der Waals surface area contributed by atoms with E-state index >= 15 is 0 Å². The van der Waals surface area contributed by atoms with Crippen LogP contribution in [0.1, 0.15) is 52.9 Å². The molecule has 1 heteroatoms. The number of nitrogens with one attached hydrogen (secondary N) is 1.